The van der Waals surface area contributed by atoms with Gasteiger partial charge in [0.15, 0.2) is 0 Å². The topological polar surface area (TPSA) is 55.5 Å². The third kappa shape index (κ3) is 3.83. The van der Waals surface area contributed by atoms with E-state index in [4.69, 9.17) is 33.7 Å². The van der Waals surface area contributed by atoms with Crippen molar-refractivity contribution < 1.29 is 9.84 Å². The van der Waals surface area contributed by atoms with Gasteiger partial charge in [-0.1, -0.05) is 23.2 Å². The minimum absolute atomic E-state index is 0.140. The average molecular weight is 264 g/mol. The fourth-order valence-corrected chi connectivity index (χ4v) is 1.77. The molecule has 0 saturated carbocycles. The maximum Gasteiger partial charge on any atom is 0.142 e. The van der Waals surface area contributed by atoms with E-state index in [2.05, 4.69) is 0 Å². The summed E-state index contributed by atoms with van der Waals surface area (Å²) < 4.78 is 5.46. The molecule has 3 nitrogen and oxygen atoms in total. The monoisotopic (exact) mass is 263 g/mol. The molecule has 0 aliphatic carbocycles. The lowest BCUT2D eigenvalue weighted by molar-refractivity contribution is 0.0282. The van der Waals surface area contributed by atoms with E-state index >= 15 is 0 Å². The Morgan fingerprint density at radius 2 is 2.00 bits per heavy atom. The summed E-state index contributed by atoms with van der Waals surface area (Å²) in [5.74, 6) is 0.482. The van der Waals surface area contributed by atoms with Crippen LogP contribution in [0.15, 0.2) is 12.1 Å². The highest BCUT2D eigenvalue weighted by Crippen LogP contribution is 2.32. The lowest BCUT2D eigenvalue weighted by Crippen LogP contribution is -2.28. The molecule has 0 aromatic heterocycles. The minimum atomic E-state index is -0.922. The summed E-state index contributed by atoms with van der Waals surface area (Å²) >= 11 is 11.8. The van der Waals surface area contributed by atoms with E-state index in [0.717, 1.165) is 5.56 Å². The Labute approximate surface area is 105 Å². The van der Waals surface area contributed by atoms with Gasteiger partial charge >= 0.3 is 0 Å². The molecule has 0 atom stereocenters. The van der Waals surface area contributed by atoms with Crippen molar-refractivity contribution >= 4 is 23.2 Å². The predicted octanol–water partition coefficient (Wildman–Crippen LogP) is 2.60. The second-order valence-electron chi connectivity index (χ2n) is 4.18. The standard InChI is InChI=1S/C11H15Cl2NO2/c1-11(2,15)6-16-10-7(5-14)3-8(12)4-9(10)13/h3-4,15H,5-6,14H2,1-2H3. The molecule has 1 aromatic carbocycles. The quantitative estimate of drug-likeness (QED) is 0.878. The first-order chi connectivity index (χ1) is 7.33. The van der Waals surface area contributed by atoms with Gasteiger partial charge < -0.3 is 15.6 Å². The summed E-state index contributed by atoms with van der Waals surface area (Å²) in [6, 6.07) is 3.29. The fraction of sp³-hybridized carbons (Fsp3) is 0.455. The molecule has 0 radical (unpaired) electrons. The number of ether oxygens (including phenoxy) is 1. The molecule has 0 spiro atoms. The molecule has 0 aliphatic rings. The molecule has 0 saturated heterocycles. The van der Waals surface area contributed by atoms with Crippen LogP contribution in [0.4, 0.5) is 0 Å². The Morgan fingerprint density at radius 3 is 2.50 bits per heavy atom. The van der Waals surface area contributed by atoms with Crippen molar-refractivity contribution in [2.45, 2.75) is 26.0 Å². The van der Waals surface area contributed by atoms with Gasteiger partial charge in [0.2, 0.25) is 0 Å². The van der Waals surface area contributed by atoms with Gasteiger partial charge in [-0.15, -0.1) is 0 Å². The largest absolute Gasteiger partial charge is 0.489 e. The van der Waals surface area contributed by atoms with Crippen LogP contribution in [0, 0.1) is 0 Å². The molecule has 1 rings (SSSR count). The smallest absolute Gasteiger partial charge is 0.142 e. The van der Waals surface area contributed by atoms with Gasteiger partial charge in [0, 0.05) is 17.1 Å². The zero-order valence-corrected chi connectivity index (χ0v) is 10.8. The predicted molar refractivity (Wildman–Crippen MR) is 66.1 cm³/mol. The summed E-state index contributed by atoms with van der Waals surface area (Å²) in [6.07, 6.45) is 0. The first-order valence-corrected chi connectivity index (χ1v) is 5.62. The average Bonchev–Trinajstić information content (AvgIpc) is 2.13. The molecular weight excluding hydrogens is 249 g/mol. The number of aliphatic hydroxyl groups is 1. The molecule has 90 valence electrons. The van der Waals surface area contributed by atoms with Crippen LogP contribution in [0.1, 0.15) is 19.4 Å². The maximum absolute atomic E-state index is 9.56. The molecule has 3 N–H and O–H groups in total. The summed E-state index contributed by atoms with van der Waals surface area (Å²) in [5.41, 5.74) is 5.37. The Kier molecular flexibility index (Phi) is 4.44. The van der Waals surface area contributed by atoms with Crippen LogP contribution in [0.25, 0.3) is 0 Å². The van der Waals surface area contributed by atoms with E-state index in [9.17, 15) is 5.11 Å². The van der Waals surface area contributed by atoms with Gasteiger partial charge in [-0.3, -0.25) is 0 Å². The third-order valence-corrected chi connectivity index (χ3v) is 2.37. The Balaban J connectivity index is 2.94. The Hall–Kier alpha value is -0.480. The van der Waals surface area contributed by atoms with E-state index in [0.29, 0.717) is 15.8 Å². The number of rotatable bonds is 4. The summed E-state index contributed by atoms with van der Waals surface area (Å²) in [5, 5.41) is 10.5. The van der Waals surface area contributed by atoms with Gasteiger partial charge in [0.1, 0.15) is 12.4 Å². The van der Waals surface area contributed by atoms with E-state index in [-0.39, 0.29) is 13.2 Å². The zero-order valence-electron chi connectivity index (χ0n) is 9.26. The SMILES string of the molecule is CC(C)(O)COc1c(Cl)cc(Cl)cc1CN. The number of nitrogens with two attached hydrogens (primary N) is 1. The van der Waals surface area contributed by atoms with Crippen LogP contribution in [0.2, 0.25) is 10.0 Å². The van der Waals surface area contributed by atoms with E-state index in [1.807, 2.05) is 0 Å². The van der Waals surface area contributed by atoms with Gasteiger partial charge in [0.05, 0.1) is 10.6 Å². The second-order valence-corrected chi connectivity index (χ2v) is 5.02. The van der Waals surface area contributed by atoms with Crippen LogP contribution < -0.4 is 10.5 Å². The Bertz CT molecular complexity index is 375. The first kappa shape index (κ1) is 13.6. The number of hydrogen-bond acceptors (Lipinski definition) is 3. The first-order valence-electron chi connectivity index (χ1n) is 4.86. The van der Waals surface area contributed by atoms with Gasteiger partial charge in [-0.05, 0) is 26.0 Å². The van der Waals surface area contributed by atoms with Crippen LogP contribution in [-0.4, -0.2) is 17.3 Å². The second kappa shape index (κ2) is 5.23. The van der Waals surface area contributed by atoms with Crippen LogP contribution >= 0.6 is 23.2 Å². The molecule has 1 aromatic rings. The van der Waals surface area contributed by atoms with Crippen LogP contribution in [-0.2, 0) is 6.54 Å². The van der Waals surface area contributed by atoms with Crippen molar-refractivity contribution in [3.63, 3.8) is 0 Å². The highest BCUT2D eigenvalue weighted by atomic mass is 35.5. The third-order valence-electron chi connectivity index (χ3n) is 1.87. The molecule has 5 heteroatoms. The maximum atomic E-state index is 9.56. The lowest BCUT2D eigenvalue weighted by Gasteiger charge is -2.20. The van der Waals surface area contributed by atoms with Crippen molar-refractivity contribution in [2.75, 3.05) is 6.61 Å². The minimum Gasteiger partial charge on any atom is -0.489 e. The Morgan fingerprint density at radius 1 is 1.38 bits per heavy atom. The van der Waals surface area contributed by atoms with Crippen LogP contribution in [0.3, 0.4) is 0 Å². The molecule has 16 heavy (non-hydrogen) atoms. The number of benzene rings is 1. The summed E-state index contributed by atoms with van der Waals surface area (Å²) in [4.78, 5) is 0. The number of halogens is 2. The lowest BCUT2D eigenvalue weighted by atomic mass is 10.1. The number of hydrogen-bond donors (Lipinski definition) is 2. The van der Waals surface area contributed by atoms with Gasteiger partial charge in [0.25, 0.3) is 0 Å². The molecular formula is C11H15Cl2NO2. The van der Waals surface area contributed by atoms with E-state index < -0.39 is 5.60 Å². The van der Waals surface area contributed by atoms with E-state index in [1.165, 1.54) is 0 Å². The molecule has 0 bridgehead atoms. The summed E-state index contributed by atoms with van der Waals surface area (Å²) in [6.45, 7) is 3.72. The molecule has 0 heterocycles. The molecule has 0 amide bonds. The van der Waals surface area contributed by atoms with E-state index in [1.54, 1.807) is 26.0 Å². The summed E-state index contributed by atoms with van der Waals surface area (Å²) in [7, 11) is 0. The molecule has 0 unspecified atom stereocenters. The normalized spacial score (nSPS) is 11.6. The van der Waals surface area contributed by atoms with Crippen LogP contribution in [0.5, 0.6) is 5.75 Å². The van der Waals surface area contributed by atoms with Gasteiger partial charge in [-0.25, -0.2) is 0 Å². The van der Waals surface area contributed by atoms with Crippen molar-refractivity contribution in [3.8, 4) is 5.75 Å². The van der Waals surface area contributed by atoms with Crippen molar-refractivity contribution in [2.24, 2.45) is 5.73 Å². The highest BCUT2D eigenvalue weighted by Gasteiger charge is 2.16. The van der Waals surface area contributed by atoms with Crippen molar-refractivity contribution in [3.05, 3.63) is 27.7 Å². The van der Waals surface area contributed by atoms with Crippen molar-refractivity contribution in [1.82, 2.24) is 0 Å². The zero-order chi connectivity index (χ0) is 12.3. The fourth-order valence-electron chi connectivity index (χ4n) is 1.18. The van der Waals surface area contributed by atoms with Gasteiger partial charge in [-0.2, -0.15) is 0 Å². The van der Waals surface area contributed by atoms with Crippen molar-refractivity contribution in [1.29, 1.82) is 0 Å². The molecule has 0 fully saturated rings. The molecule has 0 aliphatic heterocycles. The highest BCUT2D eigenvalue weighted by molar-refractivity contribution is 6.35.